The summed E-state index contributed by atoms with van der Waals surface area (Å²) >= 11 is 0. The molecule has 0 heterocycles. The predicted octanol–water partition coefficient (Wildman–Crippen LogP) is 5.21. The van der Waals surface area contributed by atoms with E-state index in [1.807, 2.05) is 25.3 Å². The number of ether oxygens (including phenoxy) is 2. The van der Waals surface area contributed by atoms with Crippen molar-refractivity contribution in [3.05, 3.63) is 35.9 Å². The molecule has 0 amide bonds. The van der Waals surface area contributed by atoms with Crippen LogP contribution in [0.2, 0.25) is 0 Å². The molecular formula is C30H44O4. The Labute approximate surface area is 205 Å². The second-order valence-corrected chi connectivity index (χ2v) is 13.2. The largest absolute Gasteiger partial charge is 0.390 e. The molecular weight excluding hydrogens is 424 g/mol. The normalized spacial score (nSPS) is 51.8. The van der Waals surface area contributed by atoms with Gasteiger partial charge in [0, 0.05) is 23.9 Å². The molecule has 0 radical (unpaired) electrons. The van der Waals surface area contributed by atoms with Crippen molar-refractivity contribution in [1.82, 2.24) is 0 Å². The van der Waals surface area contributed by atoms with E-state index < -0.39 is 11.7 Å². The molecule has 0 bridgehead atoms. The lowest BCUT2D eigenvalue weighted by Gasteiger charge is -2.61. The van der Waals surface area contributed by atoms with E-state index in [2.05, 4.69) is 32.9 Å². The maximum Gasteiger partial charge on any atom is 0.101 e. The molecule has 4 heteroatoms. The van der Waals surface area contributed by atoms with Crippen molar-refractivity contribution < 1.29 is 19.7 Å². The predicted molar refractivity (Wildman–Crippen MR) is 132 cm³/mol. The molecule has 5 aliphatic carbocycles. The molecule has 0 aliphatic heterocycles. The number of rotatable bonds is 6. The number of aliphatic hydroxyl groups excluding tert-OH is 1. The fraction of sp³-hybridized carbons (Fsp3) is 0.800. The summed E-state index contributed by atoms with van der Waals surface area (Å²) in [5.41, 5.74) is 0.504. The van der Waals surface area contributed by atoms with Gasteiger partial charge in [-0.2, -0.15) is 0 Å². The molecule has 1 spiro atoms. The van der Waals surface area contributed by atoms with Crippen molar-refractivity contribution in [2.75, 3.05) is 13.7 Å². The Hall–Kier alpha value is -0.940. The molecule has 4 nitrogen and oxygen atoms in total. The lowest BCUT2D eigenvalue weighted by atomic mass is 9.44. The highest BCUT2D eigenvalue weighted by molar-refractivity contribution is 5.27. The van der Waals surface area contributed by atoms with Crippen LogP contribution in [0.15, 0.2) is 30.3 Å². The van der Waals surface area contributed by atoms with Gasteiger partial charge >= 0.3 is 0 Å². The molecule has 34 heavy (non-hydrogen) atoms. The molecule has 0 saturated heterocycles. The summed E-state index contributed by atoms with van der Waals surface area (Å²) in [7, 11) is 1.92. The van der Waals surface area contributed by atoms with Crippen LogP contribution in [0.25, 0.3) is 0 Å². The Kier molecular flexibility index (Phi) is 5.37. The highest BCUT2D eigenvalue weighted by Crippen LogP contribution is 2.82. The summed E-state index contributed by atoms with van der Waals surface area (Å²) in [4.78, 5) is 0. The van der Waals surface area contributed by atoms with E-state index in [9.17, 15) is 10.2 Å². The Bertz CT molecular complexity index is 920. The summed E-state index contributed by atoms with van der Waals surface area (Å²) in [5.74, 6) is 2.31. The van der Waals surface area contributed by atoms with Gasteiger partial charge in [-0.25, -0.2) is 0 Å². The zero-order valence-corrected chi connectivity index (χ0v) is 21.5. The maximum atomic E-state index is 12.2. The maximum absolute atomic E-state index is 12.2. The van der Waals surface area contributed by atoms with Gasteiger partial charge in [0.1, 0.15) is 5.60 Å². The molecule has 1 aromatic rings. The fourth-order valence-corrected chi connectivity index (χ4v) is 10.6. The van der Waals surface area contributed by atoms with E-state index in [0.29, 0.717) is 54.3 Å². The Morgan fingerprint density at radius 1 is 1.03 bits per heavy atom. The van der Waals surface area contributed by atoms with Crippen LogP contribution >= 0.6 is 0 Å². The summed E-state index contributed by atoms with van der Waals surface area (Å²) in [6.07, 6.45) is 7.69. The van der Waals surface area contributed by atoms with Crippen LogP contribution in [0, 0.1) is 45.8 Å². The standard InChI is InChI=1S/C30H44O4/c1-19(17-34-18-20-8-6-5-7-9-20)30(32)25(31)15-24-22-14-26(33-4)29-16-21(29)10-12-27(29,2)23(22)11-13-28(24,30)3/h5-9,19,21-26,31-32H,10-18H2,1-4H3/t19-,21-,22+,23-,24-,25-,26+,27+,28-,29-,30+/m0/s1. The van der Waals surface area contributed by atoms with Gasteiger partial charge in [0.15, 0.2) is 0 Å². The summed E-state index contributed by atoms with van der Waals surface area (Å²) in [6, 6.07) is 10.2. The first-order valence-electron chi connectivity index (χ1n) is 13.8. The van der Waals surface area contributed by atoms with Gasteiger partial charge in [-0.05, 0) is 79.6 Å². The van der Waals surface area contributed by atoms with Crippen molar-refractivity contribution in [3.63, 3.8) is 0 Å². The molecule has 5 saturated carbocycles. The van der Waals surface area contributed by atoms with Gasteiger partial charge < -0.3 is 19.7 Å². The number of hydrogen-bond donors (Lipinski definition) is 2. The lowest BCUT2D eigenvalue weighted by molar-refractivity contribution is -0.208. The third-order valence-electron chi connectivity index (χ3n) is 12.3. The van der Waals surface area contributed by atoms with E-state index in [-0.39, 0.29) is 11.3 Å². The lowest BCUT2D eigenvalue weighted by Crippen LogP contribution is -2.62. The average molecular weight is 469 g/mol. The van der Waals surface area contributed by atoms with Crippen LogP contribution in [0.5, 0.6) is 0 Å². The fourth-order valence-electron chi connectivity index (χ4n) is 10.6. The highest BCUT2D eigenvalue weighted by Gasteiger charge is 2.78. The summed E-state index contributed by atoms with van der Waals surface area (Å²) in [5, 5.41) is 23.7. The zero-order valence-electron chi connectivity index (χ0n) is 21.5. The van der Waals surface area contributed by atoms with E-state index in [0.717, 1.165) is 24.3 Å². The first-order chi connectivity index (χ1) is 16.2. The van der Waals surface area contributed by atoms with E-state index >= 15 is 0 Å². The van der Waals surface area contributed by atoms with Crippen LogP contribution in [-0.2, 0) is 16.1 Å². The van der Waals surface area contributed by atoms with Gasteiger partial charge in [0.25, 0.3) is 0 Å². The minimum atomic E-state index is -1.12. The molecule has 0 aromatic heterocycles. The third-order valence-corrected chi connectivity index (χ3v) is 12.3. The molecule has 1 aromatic carbocycles. The van der Waals surface area contributed by atoms with Crippen LogP contribution < -0.4 is 0 Å². The summed E-state index contributed by atoms with van der Waals surface area (Å²) in [6.45, 7) is 7.93. The number of aliphatic hydroxyl groups is 2. The number of benzene rings is 1. The van der Waals surface area contributed by atoms with E-state index in [4.69, 9.17) is 9.47 Å². The Balaban J connectivity index is 1.24. The SMILES string of the molecule is CO[C@@H]1C[C@H]2[C@@H]3C[C@H](O)[C@](O)([C@@H](C)COCc4ccccc4)[C@@]3(C)CC[C@@H]2[C@@]2(C)CC[C@H]3C[C@]312. The molecule has 2 N–H and O–H groups in total. The second-order valence-electron chi connectivity index (χ2n) is 13.2. The first-order valence-corrected chi connectivity index (χ1v) is 13.8. The Morgan fingerprint density at radius 3 is 2.47 bits per heavy atom. The zero-order chi connectivity index (χ0) is 23.9. The number of hydrogen-bond acceptors (Lipinski definition) is 4. The van der Waals surface area contributed by atoms with Crippen LogP contribution in [-0.4, -0.2) is 41.7 Å². The number of methoxy groups -OCH3 is 1. The topological polar surface area (TPSA) is 58.9 Å². The quantitative estimate of drug-likeness (QED) is 0.602. The first kappa shape index (κ1) is 23.5. The van der Waals surface area contributed by atoms with Gasteiger partial charge in [-0.3, -0.25) is 0 Å². The van der Waals surface area contributed by atoms with Gasteiger partial charge in [0.2, 0.25) is 0 Å². The highest BCUT2D eigenvalue weighted by atomic mass is 16.5. The van der Waals surface area contributed by atoms with Gasteiger partial charge in [0.05, 0.1) is 25.4 Å². The molecule has 5 fully saturated rings. The number of fused-ring (bicyclic) bond motifs is 4. The van der Waals surface area contributed by atoms with Crippen molar-refractivity contribution >= 4 is 0 Å². The molecule has 188 valence electrons. The molecule has 0 unspecified atom stereocenters. The van der Waals surface area contributed by atoms with Crippen molar-refractivity contribution in [1.29, 1.82) is 0 Å². The molecule has 5 aliphatic rings. The smallest absolute Gasteiger partial charge is 0.101 e. The van der Waals surface area contributed by atoms with Gasteiger partial charge in [-0.15, -0.1) is 0 Å². The minimum Gasteiger partial charge on any atom is -0.390 e. The molecule has 11 atom stereocenters. The van der Waals surface area contributed by atoms with Crippen molar-refractivity contribution in [2.45, 2.75) is 90.1 Å². The minimum absolute atomic E-state index is 0.124. The van der Waals surface area contributed by atoms with Crippen molar-refractivity contribution in [3.8, 4) is 0 Å². The second kappa shape index (κ2) is 7.78. The summed E-state index contributed by atoms with van der Waals surface area (Å²) < 4.78 is 12.3. The van der Waals surface area contributed by atoms with Gasteiger partial charge in [-0.1, -0.05) is 51.1 Å². The van der Waals surface area contributed by atoms with E-state index in [1.165, 1.54) is 25.7 Å². The third kappa shape index (κ3) is 2.80. The van der Waals surface area contributed by atoms with Crippen LogP contribution in [0.4, 0.5) is 0 Å². The van der Waals surface area contributed by atoms with Crippen LogP contribution in [0.3, 0.4) is 0 Å². The average Bonchev–Trinajstić information content (AvgIpc) is 3.43. The van der Waals surface area contributed by atoms with E-state index in [1.54, 1.807) is 0 Å². The Morgan fingerprint density at radius 2 is 1.76 bits per heavy atom. The molecule has 6 rings (SSSR count). The van der Waals surface area contributed by atoms with Crippen LogP contribution in [0.1, 0.15) is 71.3 Å². The monoisotopic (exact) mass is 468 g/mol. The van der Waals surface area contributed by atoms with Crippen molar-refractivity contribution in [2.24, 2.45) is 45.8 Å².